The van der Waals surface area contributed by atoms with Gasteiger partial charge in [0.25, 0.3) is 0 Å². The van der Waals surface area contributed by atoms with E-state index in [0.29, 0.717) is 19.3 Å². The maximum absolute atomic E-state index is 12.7. The summed E-state index contributed by atoms with van der Waals surface area (Å²) in [6.45, 7) is 4.09. The van der Waals surface area contributed by atoms with Gasteiger partial charge < -0.3 is 25.7 Å². The first-order valence-electron chi connectivity index (χ1n) is 37.2. The number of carbonyl (C=O) groups excluding carboxylic acids is 1. The number of hydrogen-bond acceptors (Lipinski definition) is 5. The molecule has 4 atom stereocenters. The molecular formula is C77H145NO5. The van der Waals surface area contributed by atoms with Crippen molar-refractivity contribution >= 4 is 5.91 Å². The van der Waals surface area contributed by atoms with Crippen molar-refractivity contribution in [1.82, 2.24) is 5.32 Å². The van der Waals surface area contributed by atoms with Crippen molar-refractivity contribution in [3.8, 4) is 0 Å². The molecule has 488 valence electrons. The molecule has 0 aliphatic heterocycles. The van der Waals surface area contributed by atoms with Crippen LogP contribution in [-0.4, -0.2) is 57.3 Å². The number of aliphatic hydroxyl groups is 4. The number of aliphatic hydroxyl groups excluding tert-OH is 4. The number of unbranched alkanes of at least 4 members (excludes halogenated alkanes) is 50. The molecule has 0 radical (unpaired) electrons. The second kappa shape index (κ2) is 70.8. The number of amides is 1. The van der Waals surface area contributed by atoms with E-state index < -0.39 is 36.9 Å². The first-order chi connectivity index (χ1) is 41.0. The Morgan fingerprint density at radius 3 is 0.831 bits per heavy atom. The lowest BCUT2D eigenvalue weighted by molar-refractivity contribution is -0.132. The standard InChI is InChI=1S/C77H145NO5/c1-3-5-7-9-11-13-15-17-19-21-23-25-27-29-31-33-34-35-36-37-38-39-40-41-43-45-47-49-51-53-55-57-59-61-63-65-67-69-71-75(81)77(83)78-73(72-79)76(82)74(80)70-68-66-64-62-60-58-56-54-52-50-48-46-44-42-32-30-28-26-24-22-20-18-16-14-12-10-8-6-4-2/h34-35,37-38,46,48,54,56,62,64,73-76,79-82H,3-33,36,39-45,47,49-53,55,57-61,63,65-72H2,1-2H3,(H,78,83)/b35-34-,38-37-,48-46+,56-54+,64-62+. The monoisotopic (exact) mass is 1160 g/mol. The average Bonchev–Trinajstić information content (AvgIpc) is 3.54. The zero-order valence-electron chi connectivity index (χ0n) is 55.7. The zero-order chi connectivity index (χ0) is 60.1. The highest BCUT2D eigenvalue weighted by Crippen LogP contribution is 2.19. The zero-order valence-corrected chi connectivity index (χ0v) is 55.7. The molecule has 6 heteroatoms. The van der Waals surface area contributed by atoms with E-state index in [1.54, 1.807) is 0 Å². The highest BCUT2D eigenvalue weighted by molar-refractivity contribution is 5.80. The van der Waals surface area contributed by atoms with E-state index in [-0.39, 0.29) is 0 Å². The lowest BCUT2D eigenvalue weighted by Crippen LogP contribution is -2.53. The number of carbonyl (C=O) groups is 1. The fraction of sp³-hybridized carbons (Fsp3) is 0.857. The van der Waals surface area contributed by atoms with Crippen molar-refractivity contribution in [3.63, 3.8) is 0 Å². The third-order valence-electron chi connectivity index (χ3n) is 17.4. The van der Waals surface area contributed by atoms with Gasteiger partial charge in [-0.15, -0.1) is 0 Å². The smallest absolute Gasteiger partial charge is 0.249 e. The molecule has 1 amide bonds. The van der Waals surface area contributed by atoms with Gasteiger partial charge in [-0.3, -0.25) is 4.79 Å². The van der Waals surface area contributed by atoms with Crippen LogP contribution in [0.15, 0.2) is 60.8 Å². The number of nitrogens with one attached hydrogen (secondary N) is 1. The Morgan fingerprint density at radius 1 is 0.301 bits per heavy atom. The van der Waals surface area contributed by atoms with Crippen molar-refractivity contribution in [2.45, 2.75) is 417 Å². The van der Waals surface area contributed by atoms with E-state index >= 15 is 0 Å². The van der Waals surface area contributed by atoms with Crippen LogP contribution in [0, 0.1) is 0 Å². The van der Waals surface area contributed by atoms with Crippen LogP contribution in [0.5, 0.6) is 0 Å². The largest absolute Gasteiger partial charge is 0.394 e. The molecule has 83 heavy (non-hydrogen) atoms. The molecule has 0 fully saturated rings. The molecule has 5 N–H and O–H groups in total. The molecule has 0 saturated carbocycles. The fourth-order valence-corrected chi connectivity index (χ4v) is 11.7. The number of rotatable bonds is 69. The van der Waals surface area contributed by atoms with Crippen LogP contribution in [0.1, 0.15) is 393 Å². The Kier molecular flexibility index (Phi) is 69.1. The minimum atomic E-state index is -1.30. The molecule has 0 bridgehead atoms. The van der Waals surface area contributed by atoms with Crippen LogP contribution in [0.25, 0.3) is 0 Å². The fourth-order valence-electron chi connectivity index (χ4n) is 11.7. The molecule has 0 aliphatic carbocycles. The van der Waals surface area contributed by atoms with Gasteiger partial charge in [-0.2, -0.15) is 0 Å². The predicted octanol–water partition coefficient (Wildman–Crippen LogP) is 23.4. The Balaban J connectivity index is 3.60. The van der Waals surface area contributed by atoms with E-state index in [0.717, 1.165) is 57.8 Å². The Bertz CT molecular complexity index is 1400. The van der Waals surface area contributed by atoms with Gasteiger partial charge in [0.05, 0.1) is 18.8 Å². The maximum Gasteiger partial charge on any atom is 0.249 e. The summed E-state index contributed by atoms with van der Waals surface area (Å²) in [5, 5.41) is 44.2. The first kappa shape index (κ1) is 81.0. The van der Waals surface area contributed by atoms with Gasteiger partial charge in [-0.1, -0.05) is 357 Å². The molecule has 0 spiro atoms. The lowest BCUT2D eigenvalue weighted by Gasteiger charge is -2.27. The van der Waals surface area contributed by atoms with Crippen LogP contribution < -0.4 is 5.32 Å². The molecule has 0 aromatic heterocycles. The summed E-state index contributed by atoms with van der Waals surface area (Å²) >= 11 is 0. The van der Waals surface area contributed by atoms with Gasteiger partial charge in [0, 0.05) is 0 Å². The lowest BCUT2D eigenvalue weighted by atomic mass is 10.00. The molecule has 0 rings (SSSR count). The normalized spacial score (nSPS) is 13.8. The third-order valence-corrected chi connectivity index (χ3v) is 17.4. The SMILES string of the molecule is CCCCCCCCCCCCCCCCC/C=C\C/C=C\CCCCCCCCCCCCCCCCCCC(O)C(=O)NC(CO)C(O)C(O)CCC/C=C/CC/C=C/CC/C=C/CCCCCCCCCCCCCCCCCC. The quantitative estimate of drug-likeness (QED) is 0.0308. The van der Waals surface area contributed by atoms with Crippen LogP contribution >= 0.6 is 0 Å². The Morgan fingerprint density at radius 2 is 0.542 bits per heavy atom. The Hall–Kier alpha value is -1.99. The molecule has 0 aromatic rings. The average molecular weight is 1170 g/mol. The van der Waals surface area contributed by atoms with Gasteiger partial charge in [0.15, 0.2) is 0 Å². The molecule has 4 unspecified atom stereocenters. The van der Waals surface area contributed by atoms with Gasteiger partial charge in [0.2, 0.25) is 5.91 Å². The third kappa shape index (κ3) is 64.3. The van der Waals surface area contributed by atoms with Crippen LogP contribution in [0.3, 0.4) is 0 Å². The van der Waals surface area contributed by atoms with E-state index in [9.17, 15) is 25.2 Å². The van der Waals surface area contributed by atoms with Crippen molar-refractivity contribution in [2.75, 3.05) is 6.61 Å². The summed E-state index contributed by atoms with van der Waals surface area (Å²) in [5.41, 5.74) is 0. The van der Waals surface area contributed by atoms with E-state index in [1.807, 2.05) is 0 Å². The minimum absolute atomic E-state index is 0.358. The minimum Gasteiger partial charge on any atom is -0.394 e. The van der Waals surface area contributed by atoms with Crippen LogP contribution in [0.4, 0.5) is 0 Å². The molecule has 0 heterocycles. The van der Waals surface area contributed by atoms with Crippen molar-refractivity contribution in [3.05, 3.63) is 60.8 Å². The predicted molar refractivity (Wildman–Crippen MR) is 366 cm³/mol. The van der Waals surface area contributed by atoms with Gasteiger partial charge >= 0.3 is 0 Å². The van der Waals surface area contributed by atoms with Crippen molar-refractivity contribution in [1.29, 1.82) is 0 Å². The number of allylic oxidation sites excluding steroid dienone is 10. The summed E-state index contributed by atoms with van der Waals surface area (Å²) in [6, 6.07) is -1.02. The first-order valence-corrected chi connectivity index (χ1v) is 37.2. The number of hydrogen-bond donors (Lipinski definition) is 5. The highest BCUT2D eigenvalue weighted by atomic mass is 16.3. The summed E-state index contributed by atoms with van der Waals surface area (Å²) in [6.07, 6.45) is 95.1. The van der Waals surface area contributed by atoms with Gasteiger partial charge in [-0.25, -0.2) is 0 Å². The second-order valence-corrected chi connectivity index (χ2v) is 25.6. The summed E-state index contributed by atoms with van der Waals surface area (Å²) < 4.78 is 0. The Labute approximate surface area is 518 Å². The van der Waals surface area contributed by atoms with Gasteiger partial charge in [-0.05, 0) is 96.3 Å². The topological polar surface area (TPSA) is 110 Å². The molecule has 6 nitrogen and oxygen atoms in total. The van der Waals surface area contributed by atoms with Gasteiger partial charge in [0.1, 0.15) is 12.2 Å². The van der Waals surface area contributed by atoms with Crippen molar-refractivity contribution in [2.24, 2.45) is 0 Å². The molecule has 0 aliphatic rings. The summed E-state index contributed by atoms with van der Waals surface area (Å²) in [4.78, 5) is 12.7. The van der Waals surface area contributed by atoms with E-state index in [1.165, 1.54) is 302 Å². The van der Waals surface area contributed by atoms with E-state index in [2.05, 4.69) is 79.9 Å². The maximum atomic E-state index is 12.7. The van der Waals surface area contributed by atoms with Crippen molar-refractivity contribution < 1.29 is 25.2 Å². The van der Waals surface area contributed by atoms with E-state index in [4.69, 9.17) is 0 Å². The van der Waals surface area contributed by atoms with Crippen LogP contribution in [0.2, 0.25) is 0 Å². The summed E-state index contributed by atoms with van der Waals surface area (Å²) in [7, 11) is 0. The molecule has 0 aromatic carbocycles. The molecular weight excluding hydrogens is 1020 g/mol. The highest BCUT2D eigenvalue weighted by Gasteiger charge is 2.28. The summed E-state index contributed by atoms with van der Waals surface area (Å²) in [5.74, 6) is -0.595. The molecule has 0 saturated heterocycles. The van der Waals surface area contributed by atoms with Crippen LogP contribution in [-0.2, 0) is 4.79 Å². The second-order valence-electron chi connectivity index (χ2n) is 25.6.